The van der Waals surface area contributed by atoms with Crippen LogP contribution in [0.1, 0.15) is 30.8 Å². The molecular weight excluding hydrogens is 476 g/mol. The number of ether oxygens (including phenoxy) is 2. The van der Waals surface area contributed by atoms with Gasteiger partial charge in [0.25, 0.3) is 0 Å². The minimum Gasteiger partial charge on any atom is -0.375 e. The first-order valence-electron chi connectivity index (χ1n) is 10.8. The number of benzene rings is 1. The Hall–Kier alpha value is -3.07. The number of thiocarbonyl (C=S) groups is 1. The molecule has 0 saturated carbocycles. The van der Waals surface area contributed by atoms with E-state index in [1.807, 2.05) is 42.7 Å². The van der Waals surface area contributed by atoms with E-state index in [4.69, 9.17) is 44.7 Å². The van der Waals surface area contributed by atoms with E-state index < -0.39 is 6.29 Å². The number of nitrogens with two attached hydrogens (primary N) is 1. The van der Waals surface area contributed by atoms with E-state index in [0.29, 0.717) is 42.4 Å². The highest BCUT2D eigenvalue weighted by molar-refractivity contribution is 7.80. The molecule has 12 nitrogen and oxygen atoms in total. The van der Waals surface area contributed by atoms with Crippen molar-refractivity contribution in [2.75, 3.05) is 6.61 Å². The number of nitrogens with zero attached hydrogens (tertiary/aromatic N) is 8. The second-order valence-electron chi connectivity index (χ2n) is 8.09. The normalized spacial score (nSPS) is 22.9. The van der Waals surface area contributed by atoms with Gasteiger partial charge in [0.15, 0.2) is 22.0 Å². The maximum absolute atomic E-state index is 5.99. The Balaban J connectivity index is 1.41. The molecule has 0 unspecified atom stereocenters. The van der Waals surface area contributed by atoms with Crippen molar-refractivity contribution in [1.29, 1.82) is 0 Å². The van der Waals surface area contributed by atoms with Crippen LogP contribution in [0.3, 0.4) is 0 Å². The highest BCUT2D eigenvalue weighted by Gasteiger charge is 2.44. The van der Waals surface area contributed by atoms with E-state index in [-0.39, 0.29) is 17.3 Å². The average Bonchev–Trinajstić information content (AvgIpc) is 3.53. The van der Waals surface area contributed by atoms with Gasteiger partial charge >= 0.3 is 0 Å². The average molecular weight is 501 g/mol. The van der Waals surface area contributed by atoms with Crippen molar-refractivity contribution in [3.05, 3.63) is 40.4 Å². The van der Waals surface area contributed by atoms with Gasteiger partial charge in [-0.15, -0.1) is 10.2 Å². The zero-order chi connectivity index (χ0) is 23.8. The number of tetrazole rings is 1. The standard InChI is InChI=1S/C20H24N10O2S2/c1-3-28-16(9-29-26-17(23-27-29)12-6-4-11(2)5-7-12)25-30(20(28)34)14-8-13(22-24-19(21)33)18-31-10-15(14)32-18/h4-7,14-15,18H,3,8-10H2,1-2H3,(H3,21,24,33)/b22-13-/t14-,15+,18+/m0/s1. The monoisotopic (exact) mass is 500 g/mol. The van der Waals surface area contributed by atoms with Crippen LogP contribution >= 0.6 is 24.4 Å². The molecule has 2 saturated heterocycles. The van der Waals surface area contributed by atoms with Crippen molar-refractivity contribution in [2.45, 2.75) is 51.8 Å². The van der Waals surface area contributed by atoms with Crippen LogP contribution < -0.4 is 11.2 Å². The molecule has 178 valence electrons. The van der Waals surface area contributed by atoms with E-state index in [0.717, 1.165) is 11.4 Å². The summed E-state index contributed by atoms with van der Waals surface area (Å²) >= 11 is 10.6. The van der Waals surface area contributed by atoms with Crippen LogP contribution in [0.15, 0.2) is 29.4 Å². The van der Waals surface area contributed by atoms with Gasteiger partial charge in [0.1, 0.15) is 12.6 Å². The predicted molar refractivity (Wildman–Crippen MR) is 129 cm³/mol. The Kier molecular flexibility index (Phi) is 6.20. The third kappa shape index (κ3) is 4.36. The number of nitrogens with one attached hydrogen (secondary N) is 1. The Morgan fingerprint density at radius 1 is 1.29 bits per heavy atom. The molecule has 34 heavy (non-hydrogen) atoms. The second-order valence-corrected chi connectivity index (χ2v) is 8.89. The summed E-state index contributed by atoms with van der Waals surface area (Å²) in [4.78, 5) is 1.52. The summed E-state index contributed by atoms with van der Waals surface area (Å²) in [6.45, 7) is 5.44. The molecule has 4 heterocycles. The first kappa shape index (κ1) is 22.7. The summed E-state index contributed by atoms with van der Waals surface area (Å²) in [7, 11) is 0. The van der Waals surface area contributed by atoms with Gasteiger partial charge in [0.05, 0.1) is 18.4 Å². The molecule has 2 aromatic heterocycles. The summed E-state index contributed by atoms with van der Waals surface area (Å²) in [6, 6.07) is 7.80. The van der Waals surface area contributed by atoms with Crippen LogP contribution in [0.5, 0.6) is 0 Å². The van der Waals surface area contributed by atoms with E-state index in [1.165, 1.54) is 10.4 Å². The third-order valence-electron chi connectivity index (χ3n) is 5.78. The lowest BCUT2D eigenvalue weighted by molar-refractivity contribution is -0.0323. The first-order valence-corrected chi connectivity index (χ1v) is 11.7. The molecule has 0 radical (unpaired) electrons. The van der Waals surface area contributed by atoms with Gasteiger partial charge in [0, 0.05) is 18.5 Å². The molecule has 2 fully saturated rings. The molecule has 0 aliphatic carbocycles. The van der Waals surface area contributed by atoms with Crippen LogP contribution in [0.2, 0.25) is 0 Å². The van der Waals surface area contributed by atoms with E-state index in [2.05, 4.69) is 25.9 Å². The van der Waals surface area contributed by atoms with Gasteiger partial charge in [-0.3, -0.25) is 5.43 Å². The van der Waals surface area contributed by atoms with E-state index >= 15 is 0 Å². The Morgan fingerprint density at radius 3 is 2.82 bits per heavy atom. The molecule has 3 N–H and O–H groups in total. The van der Waals surface area contributed by atoms with Crippen LogP contribution in [-0.2, 0) is 22.6 Å². The van der Waals surface area contributed by atoms with Gasteiger partial charge in [0.2, 0.25) is 5.82 Å². The quantitative estimate of drug-likeness (QED) is 0.377. The zero-order valence-corrected chi connectivity index (χ0v) is 20.3. The minimum absolute atomic E-state index is 0.0728. The molecule has 3 aromatic rings. The Bertz CT molecular complexity index is 1300. The van der Waals surface area contributed by atoms with Crippen molar-refractivity contribution < 1.29 is 9.47 Å². The first-order chi connectivity index (χ1) is 16.4. The lowest BCUT2D eigenvalue weighted by Gasteiger charge is -2.28. The number of aromatic nitrogens is 7. The maximum Gasteiger partial charge on any atom is 0.204 e. The number of fused-ring (bicyclic) bond motifs is 2. The molecule has 3 atom stereocenters. The lowest BCUT2D eigenvalue weighted by Crippen LogP contribution is -2.39. The fraction of sp³-hybridized carbons (Fsp3) is 0.450. The Morgan fingerprint density at radius 2 is 2.09 bits per heavy atom. The summed E-state index contributed by atoms with van der Waals surface area (Å²) in [5.74, 6) is 1.28. The van der Waals surface area contributed by atoms with Crippen molar-refractivity contribution in [3.63, 3.8) is 0 Å². The number of hydrogen-bond acceptors (Lipinski definition) is 9. The van der Waals surface area contributed by atoms with Gasteiger partial charge in [-0.2, -0.15) is 15.0 Å². The van der Waals surface area contributed by atoms with Crippen LogP contribution in [0.25, 0.3) is 11.4 Å². The summed E-state index contributed by atoms with van der Waals surface area (Å²) < 4.78 is 16.1. The Labute approximate surface area is 205 Å². The molecular formula is C20H24N10O2S2. The number of hydrazone groups is 1. The van der Waals surface area contributed by atoms with Crippen LogP contribution in [-0.4, -0.2) is 64.4 Å². The number of hydrogen-bond donors (Lipinski definition) is 2. The van der Waals surface area contributed by atoms with Gasteiger partial charge in [-0.25, -0.2) is 4.68 Å². The molecule has 0 amide bonds. The smallest absolute Gasteiger partial charge is 0.204 e. The molecule has 1 aromatic carbocycles. The van der Waals surface area contributed by atoms with Crippen molar-refractivity contribution >= 4 is 35.3 Å². The van der Waals surface area contributed by atoms with Gasteiger partial charge < -0.3 is 19.8 Å². The summed E-state index contributed by atoms with van der Waals surface area (Å²) in [6.07, 6.45) is -0.172. The largest absolute Gasteiger partial charge is 0.375 e. The fourth-order valence-electron chi connectivity index (χ4n) is 4.07. The topological polar surface area (TPSA) is 135 Å². The fourth-order valence-corrected chi connectivity index (χ4v) is 4.52. The van der Waals surface area contributed by atoms with Crippen LogP contribution in [0, 0.1) is 11.7 Å². The zero-order valence-electron chi connectivity index (χ0n) is 18.7. The number of aryl methyl sites for hydroxylation is 1. The SMILES string of the molecule is CCn1c(Cn2nnc(-c3ccc(C)cc3)n2)nn([C@H]2C/C(=N/NC(N)=S)[C@@H]3OC[C@H]2O3)c1=S. The van der Waals surface area contributed by atoms with E-state index in [9.17, 15) is 0 Å². The summed E-state index contributed by atoms with van der Waals surface area (Å²) in [5, 5.41) is 22.1. The molecule has 5 rings (SSSR count). The molecule has 2 aliphatic rings. The van der Waals surface area contributed by atoms with E-state index in [1.54, 1.807) is 4.68 Å². The number of rotatable bonds is 6. The summed E-state index contributed by atoms with van der Waals surface area (Å²) in [5.41, 5.74) is 10.9. The van der Waals surface area contributed by atoms with Crippen molar-refractivity contribution in [2.24, 2.45) is 10.8 Å². The lowest BCUT2D eigenvalue weighted by atomic mass is 10.0. The maximum atomic E-state index is 5.99. The molecule has 2 bridgehead atoms. The highest BCUT2D eigenvalue weighted by Crippen LogP contribution is 2.33. The minimum atomic E-state index is -0.524. The molecule has 14 heteroatoms. The third-order valence-corrected chi connectivity index (χ3v) is 6.28. The predicted octanol–water partition coefficient (Wildman–Crippen LogP) is 1.32. The van der Waals surface area contributed by atoms with Gasteiger partial charge in [-0.05, 0) is 43.5 Å². The van der Waals surface area contributed by atoms with Crippen LogP contribution in [0.4, 0.5) is 0 Å². The second kappa shape index (κ2) is 9.29. The van der Waals surface area contributed by atoms with Crippen molar-refractivity contribution in [1.82, 2.24) is 40.0 Å². The molecule has 2 aliphatic heterocycles. The van der Waals surface area contributed by atoms with Crippen molar-refractivity contribution in [3.8, 4) is 11.4 Å². The highest BCUT2D eigenvalue weighted by atomic mass is 32.1. The molecule has 0 spiro atoms. The van der Waals surface area contributed by atoms with Gasteiger partial charge in [-0.1, -0.05) is 29.8 Å².